The normalized spacial score (nSPS) is 18.2. The Morgan fingerprint density at radius 3 is 2.68 bits per heavy atom. The highest BCUT2D eigenvalue weighted by Gasteiger charge is 2.28. The van der Waals surface area contributed by atoms with Crippen molar-refractivity contribution in [1.82, 2.24) is 15.1 Å². The summed E-state index contributed by atoms with van der Waals surface area (Å²) in [7, 11) is 0. The van der Waals surface area contributed by atoms with Crippen LogP contribution < -0.4 is 0 Å². The van der Waals surface area contributed by atoms with Gasteiger partial charge < -0.3 is 4.90 Å². The number of piperidine rings is 1. The number of aryl methyl sites for hydroxylation is 2. The third-order valence-corrected chi connectivity index (χ3v) is 5.84. The second-order valence-electron chi connectivity index (χ2n) is 7.50. The molecule has 1 fully saturated rings. The van der Waals surface area contributed by atoms with Crippen molar-refractivity contribution in [2.24, 2.45) is 5.92 Å². The van der Waals surface area contributed by atoms with E-state index in [9.17, 15) is 4.79 Å². The quantitative estimate of drug-likeness (QED) is 0.923. The van der Waals surface area contributed by atoms with Crippen LogP contribution in [0.15, 0.2) is 30.3 Å². The molecule has 1 N–H and O–H groups in total. The summed E-state index contributed by atoms with van der Waals surface area (Å²) >= 11 is 0. The molecule has 1 aromatic carbocycles. The van der Waals surface area contributed by atoms with Crippen LogP contribution in [0.1, 0.15) is 59.4 Å². The zero-order valence-corrected chi connectivity index (χ0v) is 14.8. The van der Waals surface area contributed by atoms with Crippen molar-refractivity contribution in [3.05, 3.63) is 52.8 Å². The number of nitrogens with zero attached hydrogens (tertiary/aromatic N) is 2. The number of H-pyrrole nitrogens is 1. The van der Waals surface area contributed by atoms with Crippen molar-refractivity contribution >= 4 is 5.91 Å². The number of nitrogens with one attached hydrogen (secondary N) is 1. The van der Waals surface area contributed by atoms with Crippen molar-refractivity contribution in [1.29, 1.82) is 0 Å². The summed E-state index contributed by atoms with van der Waals surface area (Å²) in [6.07, 6.45) is 9.02. The average molecular weight is 337 g/mol. The minimum absolute atomic E-state index is 0.140. The molecule has 1 aromatic heterocycles. The van der Waals surface area contributed by atoms with Gasteiger partial charge in [0.05, 0.1) is 0 Å². The molecule has 0 unspecified atom stereocenters. The molecule has 0 atom stereocenters. The molecule has 4 heteroatoms. The number of hydrogen-bond donors (Lipinski definition) is 1. The highest BCUT2D eigenvalue weighted by molar-refractivity contribution is 5.94. The molecular formula is C21H27N3O. The van der Waals surface area contributed by atoms with E-state index in [0.717, 1.165) is 51.1 Å². The van der Waals surface area contributed by atoms with Gasteiger partial charge in [-0.1, -0.05) is 30.3 Å². The Bertz CT molecular complexity index is 714. The zero-order chi connectivity index (χ0) is 17.1. The Hall–Kier alpha value is -2.10. The fourth-order valence-electron chi connectivity index (χ4n) is 4.25. The first-order valence-corrected chi connectivity index (χ1v) is 9.70. The van der Waals surface area contributed by atoms with Crippen LogP contribution in [0.3, 0.4) is 0 Å². The number of rotatable bonds is 4. The SMILES string of the molecule is O=C(c1n[nH]c2c1CCCC2)N1CCC(CCc2ccccc2)CC1. The van der Waals surface area contributed by atoms with Crippen LogP contribution in [0.2, 0.25) is 0 Å². The predicted octanol–water partition coefficient (Wildman–Crippen LogP) is 3.77. The van der Waals surface area contributed by atoms with E-state index in [-0.39, 0.29) is 5.91 Å². The second kappa shape index (κ2) is 7.42. The Kier molecular flexibility index (Phi) is 4.86. The van der Waals surface area contributed by atoms with E-state index in [1.807, 2.05) is 4.90 Å². The standard InChI is InChI=1S/C21H27N3O/c25-21(20-18-8-4-5-9-19(18)22-23-20)24-14-12-17(13-15-24)11-10-16-6-2-1-3-7-16/h1-3,6-7,17H,4-5,8-15H2,(H,22,23). The molecule has 1 aliphatic carbocycles. The lowest BCUT2D eigenvalue weighted by atomic mass is 9.90. The van der Waals surface area contributed by atoms with Gasteiger partial charge in [0, 0.05) is 24.3 Å². The number of benzene rings is 1. The molecule has 2 aromatic rings. The molecule has 4 nitrogen and oxygen atoms in total. The minimum Gasteiger partial charge on any atom is -0.337 e. The lowest BCUT2D eigenvalue weighted by Crippen LogP contribution is -2.39. The third-order valence-electron chi connectivity index (χ3n) is 5.84. The maximum absolute atomic E-state index is 12.9. The number of fused-ring (bicyclic) bond motifs is 1. The molecule has 2 aliphatic rings. The molecule has 0 radical (unpaired) electrons. The zero-order valence-electron chi connectivity index (χ0n) is 14.8. The van der Waals surface area contributed by atoms with E-state index in [0.29, 0.717) is 5.69 Å². The van der Waals surface area contributed by atoms with E-state index >= 15 is 0 Å². The van der Waals surface area contributed by atoms with Crippen molar-refractivity contribution in [2.45, 2.75) is 51.4 Å². The summed E-state index contributed by atoms with van der Waals surface area (Å²) in [5, 5.41) is 7.45. The van der Waals surface area contributed by atoms with Crippen molar-refractivity contribution in [3.63, 3.8) is 0 Å². The van der Waals surface area contributed by atoms with Gasteiger partial charge in [-0.15, -0.1) is 0 Å². The Balaban J connectivity index is 1.31. The smallest absolute Gasteiger partial charge is 0.274 e. The average Bonchev–Trinajstić information content (AvgIpc) is 3.11. The molecule has 1 aliphatic heterocycles. The van der Waals surface area contributed by atoms with E-state index < -0.39 is 0 Å². The molecule has 4 rings (SSSR count). The summed E-state index contributed by atoms with van der Waals surface area (Å²) in [4.78, 5) is 14.9. The van der Waals surface area contributed by atoms with Crippen LogP contribution in [0, 0.1) is 5.92 Å². The van der Waals surface area contributed by atoms with Crippen LogP contribution in [-0.2, 0) is 19.3 Å². The number of hydrogen-bond acceptors (Lipinski definition) is 2. The molecular weight excluding hydrogens is 310 g/mol. The van der Waals surface area contributed by atoms with Gasteiger partial charge in [-0.3, -0.25) is 9.89 Å². The molecule has 2 heterocycles. The molecule has 1 saturated heterocycles. The highest BCUT2D eigenvalue weighted by Crippen LogP contribution is 2.26. The van der Waals surface area contributed by atoms with Gasteiger partial charge in [-0.25, -0.2) is 0 Å². The van der Waals surface area contributed by atoms with E-state index in [1.54, 1.807) is 0 Å². The van der Waals surface area contributed by atoms with Crippen LogP contribution in [0.4, 0.5) is 0 Å². The summed E-state index contributed by atoms with van der Waals surface area (Å²) in [6, 6.07) is 10.7. The minimum atomic E-state index is 0.140. The number of aromatic amines is 1. The summed E-state index contributed by atoms with van der Waals surface area (Å²) in [5.41, 5.74) is 4.48. The van der Waals surface area contributed by atoms with Crippen molar-refractivity contribution in [3.8, 4) is 0 Å². The summed E-state index contributed by atoms with van der Waals surface area (Å²) < 4.78 is 0. The number of carbonyl (C=O) groups is 1. The lowest BCUT2D eigenvalue weighted by Gasteiger charge is -2.32. The van der Waals surface area contributed by atoms with Gasteiger partial charge in [-0.05, 0) is 62.8 Å². The van der Waals surface area contributed by atoms with E-state index in [2.05, 4.69) is 40.5 Å². The van der Waals surface area contributed by atoms with Crippen LogP contribution in [0.25, 0.3) is 0 Å². The molecule has 0 saturated carbocycles. The molecule has 0 spiro atoms. The maximum Gasteiger partial charge on any atom is 0.274 e. The van der Waals surface area contributed by atoms with E-state index in [4.69, 9.17) is 0 Å². The highest BCUT2D eigenvalue weighted by atomic mass is 16.2. The lowest BCUT2D eigenvalue weighted by molar-refractivity contribution is 0.0679. The van der Waals surface area contributed by atoms with Gasteiger partial charge in [-0.2, -0.15) is 5.10 Å². The van der Waals surface area contributed by atoms with Crippen LogP contribution >= 0.6 is 0 Å². The van der Waals surface area contributed by atoms with Gasteiger partial charge in [0.1, 0.15) is 0 Å². The monoisotopic (exact) mass is 337 g/mol. The fraction of sp³-hybridized carbons (Fsp3) is 0.524. The molecule has 132 valence electrons. The molecule has 25 heavy (non-hydrogen) atoms. The third kappa shape index (κ3) is 3.63. The van der Waals surface area contributed by atoms with Gasteiger partial charge >= 0.3 is 0 Å². The summed E-state index contributed by atoms with van der Waals surface area (Å²) in [5.74, 6) is 0.873. The largest absolute Gasteiger partial charge is 0.337 e. The van der Waals surface area contributed by atoms with Gasteiger partial charge in [0.15, 0.2) is 5.69 Å². The topological polar surface area (TPSA) is 49.0 Å². The van der Waals surface area contributed by atoms with Gasteiger partial charge in [0.2, 0.25) is 0 Å². The first-order valence-electron chi connectivity index (χ1n) is 9.70. The Morgan fingerprint density at radius 2 is 1.88 bits per heavy atom. The number of likely N-dealkylation sites (tertiary alicyclic amines) is 1. The van der Waals surface area contributed by atoms with Crippen LogP contribution in [0.5, 0.6) is 0 Å². The fourth-order valence-corrected chi connectivity index (χ4v) is 4.25. The van der Waals surface area contributed by atoms with Crippen LogP contribution in [-0.4, -0.2) is 34.1 Å². The number of amides is 1. The second-order valence-corrected chi connectivity index (χ2v) is 7.50. The van der Waals surface area contributed by atoms with Gasteiger partial charge in [0.25, 0.3) is 5.91 Å². The first kappa shape index (κ1) is 16.4. The Labute approximate surface area is 149 Å². The van der Waals surface area contributed by atoms with Crippen molar-refractivity contribution < 1.29 is 4.79 Å². The first-order chi connectivity index (χ1) is 12.3. The van der Waals surface area contributed by atoms with E-state index in [1.165, 1.54) is 36.1 Å². The molecule has 1 amide bonds. The summed E-state index contributed by atoms with van der Waals surface area (Å²) in [6.45, 7) is 1.75. The number of aromatic nitrogens is 2. The number of carbonyl (C=O) groups excluding carboxylic acids is 1. The Morgan fingerprint density at radius 1 is 1.12 bits per heavy atom. The van der Waals surface area contributed by atoms with Crippen molar-refractivity contribution in [2.75, 3.05) is 13.1 Å². The predicted molar refractivity (Wildman–Crippen MR) is 98.6 cm³/mol. The molecule has 0 bridgehead atoms. The maximum atomic E-state index is 12.9.